The molecule has 118 valence electrons. The van der Waals surface area contributed by atoms with Gasteiger partial charge >= 0.3 is 5.97 Å². The number of hydrogen-bond donors (Lipinski definition) is 0. The van der Waals surface area contributed by atoms with Crippen molar-refractivity contribution in [3.8, 4) is 11.3 Å². The van der Waals surface area contributed by atoms with Gasteiger partial charge in [0.15, 0.2) is 0 Å². The highest BCUT2D eigenvalue weighted by molar-refractivity contribution is 6.34. The maximum atomic E-state index is 11.8. The van der Waals surface area contributed by atoms with Crippen molar-refractivity contribution in [2.45, 2.75) is 13.5 Å². The summed E-state index contributed by atoms with van der Waals surface area (Å²) in [5.41, 5.74) is 2.21. The fourth-order valence-electron chi connectivity index (χ4n) is 2.45. The Bertz CT molecular complexity index is 877. The van der Waals surface area contributed by atoms with Crippen LogP contribution in [0, 0.1) is 0 Å². The summed E-state index contributed by atoms with van der Waals surface area (Å²) in [6, 6.07) is 7.69. The second kappa shape index (κ2) is 6.56. The number of halogens is 2. The molecule has 0 radical (unpaired) electrons. The van der Waals surface area contributed by atoms with Gasteiger partial charge in [-0.05, 0) is 24.6 Å². The Morgan fingerprint density at radius 3 is 2.87 bits per heavy atom. The highest BCUT2D eigenvalue weighted by Gasteiger charge is 2.16. The number of ether oxygens (including phenoxy) is 1. The summed E-state index contributed by atoms with van der Waals surface area (Å²) in [5.74, 6) is -0.299. The molecule has 2 aromatic heterocycles. The van der Waals surface area contributed by atoms with E-state index in [0.29, 0.717) is 17.3 Å². The molecule has 23 heavy (non-hydrogen) atoms. The predicted octanol–water partition coefficient (Wildman–Crippen LogP) is 3.97. The predicted molar refractivity (Wildman–Crippen MR) is 89.6 cm³/mol. The number of benzene rings is 1. The summed E-state index contributed by atoms with van der Waals surface area (Å²) in [4.78, 5) is 19.9. The van der Waals surface area contributed by atoms with Gasteiger partial charge in [-0.15, -0.1) is 0 Å². The van der Waals surface area contributed by atoms with Gasteiger partial charge in [-0.1, -0.05) is 29.8 Å². The monoisotopic (exact) mass is 349 g/mol. The largest absolute Gasteiger partial charge is 0.465 e. The van der Waals surface area contributed by atoms with Gasteiger partial charge in [-0.25, -0.2) is 9.97 Å². The molecule has 0 fully saturated rings. The smallest absolute Gasteiger partial charge is 0.325 e. The lowest BCUT2D eigenvalue weighted by molar-refractivity contribution is -0.143. The number of fused-ring (bicyclic) bond motifs is 1. The van der Waals surface area contributed by atoms with Crippen molar-refractivity contribution in [3.63, 3.8) is 0 Å². The molecule has 0 aliphatic rings. The number of hydrogen-bond acceptors (Lipinski definition) is 4. The van der Waals surface area contributed by atoms with Crippen molar-refractivity contribution >= 4 is 40.1 Å². The van der Waals surface area contributed by atoms with Crippen molar-refractivity contribution < 1.29 is 9.53 Å². The molecule has 0 unspecified atom stereocenters. The van der Waals surface area contributed by atoms with Crippen LogP contribution >= 0.6 is 23.2 Å². The minimum atomic E-state index is -0.299. The van der Waals surface area contributed by atoms with Gasteiger partial charge in [0.2, 0.25) is 5.28 Å². The molecule has 0 saturated heterocycles. The number of esters is 1. The van der Waals surface area contributed by atoms with Crippen LogP contribution in [0.1, 0.15) is 6.92 Å². The van der Waals surface area contributed by atoms with Gasteiger partial charge in [0, 0.05) is 22.7 Å². The number of carbonyl (C=O) groups is 1. The van der Waals surface area contributed by atoms with Crippen LogP contribution in [-0.4, -0.2) is 27.1 Å². The van der Waals surface area contributed by atoms with Crippen LogP contribution in [0.2, 0.25) is 10.3 Å². The summed E-state index contributed by atoms with van der Waals surface area (Å²) in [7, 11) is 0. The third kappa shape index (κ3) is 3.16. The Morgan fingerprint density at radius 1 is 1.30 bits per heavy atom. The van der Waals surface area contributed by atoms with Crippen molar-refractivity contribution in [3.05, 3.63) is 47.0 Å². The first-order valence-electron chi connectivity index (χ1n) is 7.02. The third-order valence-corrected chi connectivity index (χ3v) is 3.82. The fourth-order valence-corrected chi connectivity index (χ4v) is 2.77. The molecule has 3 aromatic rings. The Labute approximate surface area is 142 Å². The van der Waals surface area contributed by atoms with E-state index in [0.717, 1.165) is 16.5 Å². The zero-order chi connectivity index (χ0) is 16.4. The maximum Gasteiger partial charge on any atom is 0.325 e. The zero-order valence-electron chi connectivity index (χ0n) is 12.3. The molecular weight excluding hydrogens is 337 g/mol. The molecule has 3 rings (SSSR count). The zero-order valence-corrected chi connectivity index (χ0v) is 13.8. The van der Waals surface area contributed by atoms with Crippen LogP contribution in [0.4, 0.5) is 0 Å². The summed E-state index contributed by atoms with van der Waals surface area (Å²) >= 11 is 12.1. The second-order valence-corrected chi connectivity index (χ2v) is 5.57. The molecule has 0 aliphatic carbocycles. The summed E-state index contributed by atoms with van der Waals surface area (Å²) < 4.78 is 6.83. The molecule has 0 aliphatic heterocycles. The van der Waals surface area contributed by atoms with Gasteiger partial charge in [0.05, 0.1) is 23.5 Å². The average Bonchev–Trinajstić information content (AvgIpc) is 2.89. The molecule has 0 N–H and O–H groups in total. The second-order valence-electron chi connectivity index (χ2n) is 4.83. The van der Waals surface area contributed by atoms with Gasteiger partial charge < -0.3 is 9.30 Å². The highest BCUT2D eigenvalue weighted by Crippen LogP contribution is 2.33. The lowest BCUT2D eigenvalue weighted by atomic mass is 10.1. The summed E-state index contributed by atoms with van der Waals surface area (Å²) in [6.45, 7) is 2.24. The Balaban J connectivity index is 2.15. The number of rotatable bonds is 4. The van der Waals surface area contributed by atoms with Crippen molar-refractivity contribution in [2.75, 3.05) is 6.61 Å². The Hall–Kier alpha value is -2.11. The lowest BCUT2D eigenvalue weighted by Gasteiger charge is -2.04. The van der Waals surface area contributed by atoms with Gasteiger partial charge in [-0.3, -0.25) is 4.79 Å². The lowest BCUT2D eigenvalue weighted by Crippen LogP contribution is -2.12. The van der Waals surface area contributed by atoms with E-state index in [4.69, 9.17) is 27.9 Å². The van der Waals surface area contributed by atoms with Gasteiger partial charge in [-0.2, -0.15) is 0 Å². The van der Waals surface area contributed by atoms with Crippen LogP contribution in [0.3, 0.4) is 0 Å². The summed E-state index contributed by atoms with van der Waals surface area (Å²) in [6.07, 6.45) is 3.29. The minimum Gasteiger partial charge on any atom is -0.465 e. The average molecular weight is 350 g/mol. The third-order valence-electron chi connectivity index (χ3n) is 3.36. The fraction of sp³-hybridized carbons (Fsp3) is 0.188. The standard InChI is InChI=1S/C16H13Cl2N3O2/c1-2-23-14(22)9-21-8-11(10-5-3-4-6-13(10)21)15-12(17)7-19-16(18)20-15/h3-8H,2,9H2,1H3. The molecule has 2 heterocycles. The molecule has 7 heteroatoms. The van der Waals surface area contributed by atoms with Crippen molar-refractivity contribution in [1.82, 2.24) is 14.5 Å². The van der Waals surface area contributed by atoms with E-state index in [1.807, 2.05) is 35.0 Å². The van der Waals surface area contributed by atoms with E-state index in [2.05, 4.69) is 9.97 Å². The van der Waals surface area contributed by atoms with Crippen molar-refractivity contribution in [2.24, 2.45) is 0 Å². The SMILES string of the molecule is CCOC(=O)Cn1cc(-c2nc(Cl)ncc2Cl)c2ccccc21. The quantitative estimate of drug-likeness (QED) is 0.528. The van der Waals surface area contributed by atoms with Gasteiger partial charge in [0.25, 0.3) is 0 Å². The van der Waals surface area contributed by atoms with Crippen molar-refractivity contribution in [1.29, 1.82) is 0 Å². The Kier molecular flexibility index (Phi) is 4.50. The molecule has 0 bridgehead atoms. The van der Waals surface area contributed by atoms with E-state index in [1.54, 1.807) is 6.92 Å². The minimum absolute atomic E-state index is 0.116. The van der Waals surface area contributed by atoms with E-state index >= 15 is 0 Å². The van der Waals surface area contributed by atoms with Crippen LogP contribution in [0.5, 0.6) is 0 Å². The van der Waals surface area contributed by atoms with Crippen LogP contribution in [-0.2, 0) is 16.1 Å². The van der Waals surface area contributed by atoms with E-state index < -0.39 is 0 Å². The van der Waals surface area contributed by atoms with Crippen LogP contribution < -0.4 is 0 Å². The molecular formula is C16H13Cl2N3O2. The van der Waals surface area contributed by atoms with E-state index in [1.165, 1.54) is 6.20 Å². The highest BCUT2D eigenvalue weighted by atomic mass is 35.5. The first-order chi connectivity index (χ1) is 11.1. The number of para-hydroxylation sites is 1. The van der Waals surface area contributed by atoms with Crippen LogP contribution in [0.15, 0.2) is 36.7 Å². The van der Waals surface area contributed by atoms with Gasteiger partial charge in [0.1, 0.15) is 6.54 Å². The molecule has 0 saturated carbocycles. The molecule has 5 nitrogen and oxygen atoms in total. The molecule has 0 atom stereocenters. The first-order valence-corrected chi connectivity index (χ1v) is 7.77. The molecule has 0 amide bonds. The number of aromatic nitrogens is 3. The topological polar surface area (TPSA) is 57.0 Å². The Morgan fingerprint density at radius 2 is 2.09 bits per heavy atom. The van der Waals surface area contributed by atoms with E-state index in [-0.39, 0.29) is 17.8 Å². The molecule has 1 aromatic carbocycles. The number of carbonyl (C=O) groups excluding carboxylic acids is 1. The van der Waals surface area contributed by atoms with E-state index in [9.17, 15) is 4.79 Å². The maximum absolute atomic E-state index is 11.8. The molecule has 0 spiro atoms. The van der Waals surface area contributed by atoms with Crippen LogP contribution in [0.25, 0.3) is 22.2 Å². The number of nitrogens with zero attached hydrogens (tertiary/aromatic N) is 3. The summed E-state index contributed by atoms with van der Waals surface area (Å²) in [5, 5.41) is 1.44. The normalized spacial score (nSPS) is 10.9. The first kappa shape index (κ1) is 15.8.